The molecule has 0 aliphatic heterocycles. The molecule has 3 heterocycles. The summed E-state index contributed by atoms with van der Waals surface area (Å²) in [5.41, 5.74) is 13.5. The number of para-hydroxylation sites is 2. The van der Waals surface area contributed by atoms with Gasteiger partial charge in [-0.15, -0.1) is 35.9 Å². The van der Waals surface area contributed by atoms with Gasteiger partial charge in [0.05, 0.1) is 24.9 Å². The van der Waals surface area contributed by atoms with Crippen LogP contribution in [0, 0.1) is 18.2 Å². The van der Waals surface area contributed by atoms with Crippen molar-refractivity contribution in [3.8, 4) is 39.5 Å². The van der Waals surface area contributed by atoms with E-state index in [1.165, 1.54) is 33.0 Å². The van der Waals surface area contributed by atoms with Crippen molar-refractivity contribution in [3.63, 3.8) is 0 Å². The summed E-state index contributed by atoms with van der Waals surface area (Å²) in [5, 5.41) is 2.53. The van der Waals surface area contributed by atoms with E-state index in [4.69, 9.17) is 9.40 Å². The number of aromatic nitrogens is 3. The van der Waals surface area contributed by atoms with Gasteiger partial charge in [-0.3, -0.25) is 4.98 Å². The number of hydrogen-bond acceptors (Lipinski definition) is 3. The second-order valence-electron chi connectivity index (χ2n) is 18.0. The summed E-state index contributed by atoms with van der Waals surface area (Å²) in [4.78, 5) is 9.73. The summed E-state index contributed by atoms with van der Waals surface area (Å²) >= 11 is 0. The minimum atomic E-state index is -1.34. The Morgan fingerprint density at radius 1 is 0.776 bits per heavy atom. The average molecular weight is 958 g/mol. The quantitative estimate of drug-likeness (QED) is 0.113. The van der Waals surface area contributed by atoms with Crippen molar-refractivity contribution in [1.29, 1.82) is 0 Å². The molecule has 0 N–H and O–H groups in total. The number of nitrogens with zero attached hydrogens (tertiary/aromatic N) is 3. The Balaban J connectivity index is 0.000000230. The number of fused-ring (bicyclic) bond motifs is 2. The SMILES string of the molecule is CC(C)Cc1cc(-c2[c-]cccc2)ncc1[Si](C)(C)C.CC(C)c1ccc2o[c-]c(-c3nc4ccccc4n3-c3ccc(-c4ccc(C(C)(C)C)cc4)cc3)c2c1.[Ir]. The van der Waals surface area contributed by atoms with Gasteiger partial charge in [-0.1, -0.05) is 163 Å². The summed E-state index contributed by atoms with van der Waals surface area (Å²) in [6, 6.07) is 45.9. The van der Waals surface area contributed by atoms with E-state index in [1.54, 1.807) is 0 Å². The normalized spacial score (nSPS) is 11.9. The van der Waals surface area contributed by atoms with Gasteiger partial charge in [0.25, 0.3) is 0 Å². The molecule has 6 heteroatoms. The number of hydrogen-bond donors (Lipinski definition) is 0. The van der Waals surface area contributed by atoms with Crippen molar-refractivity contribution in [2.45, 2.75) is 85.9 Å². The zero-order valence-corrected chi connectivity index (χ0v) is 39.0. The molecule has 0 aliphatic rings. The molecule has 0 aliphatic carbocycles. The van der Waals surface area contributed by atoms with Gasteiger partial charge in [0.1, 0.15) is 0 Å². The molecule has 0 fully saturated rings. The Kier molecular flexibility index (Phi) is 12.9. The molecular weight excluding hydrogens is 903 g/mol. The van der Waals surface area contributed by atoms with Crippen LogP contribution in [0.3, 0.4) is 0 Å². The monoisotopic (exact) mass is 958 g/mol. The molecule has 0 amide bonds. The van der Waals surface area contributed by atoms with Crippen LogP contribution in [0.1, 0.15) is 71.1 Å². The summed E-state index contributed by atoms with van der Waals surface area (Å²) in [6.45, 7) is 22.9. The van der Waals surface area contributed by atoms with E-state index in [1.807, 2.05) is 30.3 Å². The van der Waals surface area contributed by atoms with Crippen molar-refractivity contribution in [3.05, 3.63) is 157 Å². The van der Waals surface area contributed by atoms with Gasteiger partial charge in [-0.05, 0) is 75.5 Å². The van der Waals surface area contributed by atoms with E-state index in [0.29, 0.717) is 11.8 Å². The smallest absolute Gasteiger partial charge is 0.0798 e. The van der Waals surface area contributed by atoms with Gasteiger partial charge < -0.3 is 14.0 Å². The van der Waals surface area contributed by atoms with Crippen LogP contribution in [-0.4, -0.2) is 22.6 Å². The molecule has 58 heavy (non-hydrogen) atoms. The van der Waals surface area contributed by atoms with E-state index < -0.39 is 8.07 Å². The molecule has 3 aromatic heterocycles. The minimum absolute atomic E-state index is 0. The Bertz CT molecular complexity index is 2610. The maximum atomic E-state index is 5.86. The number of benzene rings is 5. The summed E-state index contributed by atoms with van der Waals surface area (Å²) in [5.74, 6) is 1.93. The topological polar surface area (TPSA) is 43.9 Å². The fraction of sp³-hybridized carbons (Fsp3) is 0.269. The van der Waals surface area contributed by atoms with Gasteiger partial charge >= 0.3 is 0 Å². The van der Waals surface area contributed by atoms with Crippen molar-refractivity contribution in [1.82, 2.24) is 14.5 Å². The summed E-state index contributed by atoms with van der Waals surface area (Å²) < 4.78 is 8.07. The van der Waals surface area contributed by atoms with Crippen LogP contribution in [0.25, 0.3) is 61.5 Å². The van der Waals surface area contributed by atoms with Crippen molar-refractivity contribution >= 4 is 35.3 Å². The van der Waals surface area contributed by atoms with Crippen LogP contribution in [-0.2, 0) is 31.9 Å². The van der Waals surface area contributed by atoms with Crippen molar-refractivity contribution < 1.29 is 24.5 Å². The fourth-order valence-corrected chi connectivity index (χ4v) is 9.01. The fourth-order valence-electron chi connectivity index (χ4n) is 7.42. The first-order valence-corrected chi connectivity index (χ1v) is 23.8. The molecule has 1 radical (unpaired) electrons. The Hall–Kier alpha value is -4.87. The minimum Gasteiger partial charge on any atom is -0.557 e. The van der Waals surface area contributed by atoms with Gasteiger partial charge in [0.2, 0.25) is 0 Å². The van der Waals surface area contributed by atoms with Crippen LogP contribution in [0.15, 0.2) is 132 Å². The molecule has 0 spiro atoms. The molecule has 4 nitrogen and oxygen atoms in total. The van der Waals surface area contributed by atoms with E-state index in [0.717, 1.165) is 56.8 Å². The zero-order chi connectivity index (χ0) is 40.5. The van der Waals surface area contributed by atoms with Crippen LogP contribution >= 0.6 is 0 Å². The predicted octanol–water partition coefficient (Wildman–Crippen LogP) is 13.6. The third kappa shape index (κ3) is 9.36. The van der Waals surface area contributed by atoms with Gasteiger partial charge in [0, 0.05) is 43.8 Å². The molecule has 0 unspecified atom stereocenters. The van der Waals surface area contributed by atoms with Crippen LogP contribution in [0.2, 0.25) is 19.6 Å². The maximum Gasteiger partial charge on any atom is 0.0798 e. The van der Waals surface area contributed by atoms with Crippen LogP contribution < -0.4 is 5.19 Å². The van der Waals surface area contributed by atoms with E-state index >= 15 is 0 Å². The molecule has 0 atom stereocenters. The first kappa shape index (κ1) is 42.7. The molecule has 8 aromatic rings. The van der Waals surface area contributed by atoms with Gasteiger partial charge in [0.15, 0.2) is 0 Å². The Morgan fingerprint density at radius 2 is 1.45 bits per heavy atom. The molecule has 0 saturated carbocycles. The molecule has 5 aromatic carbocycles. The standard InChI is InChI=1S/C34H31N2O.C18H24NSi.Ir/c1-22(2)25-14-19-32-28(20-25)29(21-37-32)33-35-30-8-6-7-9-31(30)36(33)27-17-12-24(13-18-27)23-10-15-26(16-11-23)34(3,4)5;1-14(2)11-16-12-17(15-9-7-6-8-10-15)19-13-18(16)20(3,4)5;/h6-20,22H,1-5H3;6-9,12-14H,11H2,1-5H3;/q2*-1;. The Labute approximate surface area is 360 Å². The summed E-state index contributed by atoms with van der Waals surface area (Å²) in [7, 11) is -1.34. The zero-order valence-electron chi connectivity index (χ0n) is 35.6. The predicted molar refractivity (Wildman–Crippen MR) is 243 cm³/mol. The van der Waals surface area contributed by atoms with Crippen molar-refractivity contribution in [2.24, 2.45) is 5.92 Å². The first-order chi connectivity index (χ1) is 27.2. The molecular formula is C52H55IrN3OSi-2. The third-order valence-corrected chi connectivity index (χ3v) is 12.7. The van der Waals surface area contributed by atoms with Gasteiger partial charge in [-0.25, -0.2) is 0 Å². The number of furan rings is 1. The van der Waals surface area contributed by atoms with Crippen LogP contribution in [0.4, 0.5) is 0 Å². The third-order valence-electron chi connectivity index (χ3n) is 10.6. The molecule has 299 valence electrons. The largest absolute Gasteiger partial charge is 0.557 e. The van der Waals surface area contributed by atoms with E-state index in [9.17, 15) is 0 Å². The Morgan fingerprint density at radius 3 is 2.07 bits per heavy atom. The molecule has 8 rings (SSSR count). The number of pyridine rings is 1. The van der Waals surface area contributed by atoms with E-state index in [-0.39, 0.29) is 25.5 Å². The van der Waals surface area contributed by atoms with Crippen molar-refractivity contribution in [2.75, 3.05) is 0 Å². The average Bonchev–Trinajstić information content (AvgIpc) is 3.79. The van der Waals surface area contributed by atoms with Gasteiger partial charge in [-0.2, -0.15) is 0 Å². The molecule has 0 saturated heterocycles. The molecule has 0 bridgehead atoms. The second-order valence-corrected chi connectivity index (χ2v) is 23.0. The van der Waals surface area contributed by atoms with E-state index in [2.05, 4.69) is 187 Å². The second kappa shape index (κ2) is 17.5. The first-order valence-electron chi connectivity index (χ1n) is 20.3. The summed E-state index contributed by atoms with van der Waals surface area (Å²) in [6.07, 6.45) is 6.40. The van der Waals surface area contributed by atoms with Crippen LogP contribution in [0.5, 0.6) is 0 Å². The number of imidazole rings is 1. The maximum absolute atomic E-state index is 5.86. The number of rotatable bonds is 8.